The van der Waals surface area contributed by atoms with Crippen LogP contribution >= 0.6 is 11.6 Å². The summed E-state index contributed by atoms with van der Waals surface area (Å²) in [6.07, 6.45) is 1.60. The van der Waals surface area contributed by atoms with Crippen LogP contribution in [0, 0.1) is 5.82 Å². The van der Waals surface area contributed by atoms with E-state index in [1.165, 1.54) is 12.1 Å². The summed E-state index contributed by atoms with van der Waals surface area (Å²) >= 11 is 6.03. The van der Waals surface area contributed by atoms with Gasteiger partial charge in [-0.3, -0.25) is 9.59 Å². The molecular formula is C17H18ClFN2O3. The number of ether oxygens (including phenoxy) is 1. The first-order chi connectivity index (χ1) is 11.5. The van der Waals surface area contributed by atoms with Gasteiger partial charge in [-0.1, -0.05) is 17.7 Å². The normalized spacial score (nSPS) is 28.9. The highest BCUT2D eigenvalue weighted by molar-refractivity contribution is 6.31. The lowest BCUT2D eigenvalue weighted by Crippen LogP contribution is -2.56. The number of carbonyl (C=O) groups excluding carboxylic acids is 2. The summed E-state index contributed by atoms with van der Waals surface area (Å²) in [6, 6.07) is 4.10. The number of hydrogen-bond donors (Lipinski definition) is 0. The van der Waals surface area contributed by atoms with Gasteiger partial charge in [-0.05, 0) is 18.6 Å². The first-order valence-corrected chi connectivity index (χ1v) is 8.57. The maximum atomic E-state index is 14.0. The maximum absolute atomic E-state index is 14.0. The molecule has 0 bridgehead atoms. The molecule has 0 saturated carbocycles. The standard InChI is InChI=1S/C17H18ClFN2O3/c18-12-3-1-4-13(19)11(12)9-15(22)20-7-5-17-14(20)10-16(23)21(17)6-2-8-24-17/h1,3-4,14H,2,5-10H2/t14-,17+/m1/s1. The number of carbonyl (C=O) groups is 2. The number of benzene rings is 1. The quantitative estimate of drug-likeness (QED) is 0.817. The Morgan fingerprint density at radius 1 is 1.42 bits per heavy atom. The maximum Gasteiger partial charge on any atom is 0.227 e. The second-order valence-corrected chi connectivity index (χ2v) is 6.93. The van der Waals surface area contributed by atoms with Crippen molar-refractivity contribution < 1.29 is 18.7 Å². The zero-order valence-corrected chi connectivity index (χ0v) is 13.9. The van der Waals surface area contributed by atoms with Gasteiger partial charge in [0.25, 0.3) is 0 Å². The van der Waals surface area contributed by atoms with Gasteiger partial charge in [-0.25, -0.2) is 4.39 Å². The van der Waals surface area contributed by atoms with E-state index in [1.54, 1.807) is 15.9 Å². The van der Waals surface area contributed by atoms with Gasteiger partial charge in [0.1, 0.15) is 5.82 Å². The van der Waals surface area contributed by atoms with Crippen LogP contribution in [0.15, 0.2) is 18.2 Å². The predicted molar refractivity (Wildman–Crippen MR) is 84.9 cm³/mol. The molecule has 3 aliphatic heterocycles. The Bertz CT molecular complexity index is 693. The summed E-state index contributed by atoms with van der Waals surface area (Å²) in [7, 11) is 0. The highest BCUT2D eigenvalue weighted by atomic mass is 35.5. The van der Waals surface area contributed by atoms with Crippen molar-refractivity contribution in [3.8, 4) is 0 Å². The molecule has 5 nitrogen and oxygen atoms in total. The van der Waals surface area contributed by atoms with Crippen LogP contribution in [0.1, 0.15) is 24.8 Å². The molecule has 2 atom stereocenters. The van der Waals surface area contributed by atoms with E-state index < -0.39 is 11.5 Å². The minimum atomic E-state index is -0.677. The third-order valence-electron chi connectivity index (χ3n) is 5.32. The second-order valence-electron chi connectivity index (χ2n) is 6.53. The van der Waals surface area contributed by atoms with Crippen molar-refractivity contribution in [2.75, 3.05) is 19.7 Å². The van der Waals surface area contributed by atoms with Gasteiger partial charge in [0, 0.05) is 30.1 Å². The number of likely N-dealkylation sites (tertiary alicyclic amines) is 1. The molecule has 7 heteroatoms. The van der Waals surface area contributed by atoms with Crippen LogP contribution in [0.4, 0.5) is 4.39 Å². The van der Waals surface area contributed by atoms with Crippen LogP contribution < -0.4 is 0 Å². The zero-order valence-electron chi connectivity index (χ0n) is 13.1. The summed E-state index contributed by atoms with van der Waals surface area (Å²) in [5.74, 6) is -0.670. The molecule has 24 heavy (non-hydrogen) atoms. The molecule has 0 aromatic heterocycles. The summed E-state index contributed by atoms with van der Waals surface area (Å²) < 4.78 is 19.9. The molecule has 0 aliphatic carbocycles. The molecule has 0 radical (unpaired) electrons. The van der Waals surface area contributed by atoms with E-state index in [-0.39, 0.29) is 41.3 Å². The van der Waals surface area contributed by atoms with Crippen molar-refractivity contribution in [3.05, 3.63) is 34.6 Å². The van der Waals surface area contributed by atoms with Crippen LogP contribution in [-0.4, -0.2) is 53.1 Å². The molecule has 3 fully saturated rings. The lowest BCUT2D eigenvalue weighted by atomic mass is 10.0. The van der Waals surface area contributed by atoms with E-state index in [2.05, 4.69) is 0 Å². The second kappa shape index (κ2) is 5.70. The summed E-state index contributed by atoms with van der Waals surface area (Å²) in [6.45, 7) is 1.79. The molecule has 0 N–H and O–H groups in total. The Kier molecular flexibility index (Phi) is 3.77. The molecule has 2 amide bonds. The number of nitrogens with zero attached hydrogens (tertiary/aromatic N) is 2. The van der Waals surface area contributed by atoms with Crippen molar-refractivity contribution in [3.63, 3.8) is 0 Å². The monoisotopic (exact) mass is 352 g/mol. The number of amides is 2. The number of hydrogen-bond acceptors (Lipinski definition) is 3. The molecule has 4 rings (SSSR count). The number of rotatable bonds is 2. The minimum absolute atomic E-state index is 0.0288. The molecule has 3 heterocycles. The first-order valence-electron chi connectivity index (χ1n) is 8.20. The van der Waals surface area contributed by atoms with Gasteiger partial charge in [-0.2, -0.15) is 0 Å². The lowest BCUT2D eigenvalue weighted by molar-refractivity contribution is -0.181. The van der Waals surface area contributed by atoms with E-state index >= 15 is 0 Å². The topological polar surface area (TPSA) is 49.9 Å². The van der Waals surface area contributed by atoms with Gasteiger partial charge in [-0.15, -0.1) is 0 Å². The van der Waals surface area contributed by atoms with Crippen molar-refractivity contribution in [2.45, 2.75) is 37.5 Å². The predicted octanol–water partition coefficient (Wildman–Crippen LogP) is 1.97. The Balaban J connectivity index is 1.57. The molecule has 128 valence electrons. The molecule has 1 aromatic carbocycles. The van der Waals surface area contributed by atoms with Gasteiger partial charge < -0.3 is 14.5 Å². The molecule has 1 spiro atoms. The van der Waals surface area contributed by atoms with Gasteiger partial charge >= 0.3 is 0 Å². The fourth-order valence-electron chi connectivity index (χ4n) is 4.20. The van der Waals surface area contributed by atoms with Crippen molar-refractivity contribution >= 4 is 23.4 Å². The van der Waals surface area contributed by atoms with Crippen LogP contribution in [0.5, 0.6) is 0 Å². The van der Waals surface area contributed by atoms with E-state index in [9.17, 15) is 14.0 Å². The molecule has 1 aromatic rings. The Hall–Kier alpha value is -1.66. The zero-order chi connectivity index (χ0) is 16.9. The third-order valence-corrected chi connectivity index (χ3v) is 5.68. The van der Waals surface area contributed by atoms with Crippen molar-refractivity contribution in [1.29, 1.82) is 0 Å². The van der Waals surface area contributed by atoms with E-state index in [0.29, 0.717) is 26.1 Å². The van der Waals surface area contributed by atoms with Crippen LogP contribution in [0.3, 0.4) is 0 Å². The average molecular weight is 353 g/mol. The number of halogens is 2. The van der Waals surface area contributed by atoms with Gasteiger partial charge in [0.2, 0.25) is 11.8 Å². The van der Waals surface area contributed by atoms with E-state index in [1.807, 2.05) is 0 Å². The summed E-state index contributed by atoms with van der Waals surface area (Å²) in [4.78, 5) is 28.5. The highest BCUT2D eigenvalue weighted by Gasteiger charge is 2.61. The Labute approximate surface area is 144 Å². The van der Waals surface area contributed by atoms with Crippen LogP contribution in [-0.2, 0) is 20.7 Å². The van der Waals surface area contributed by atoms with Crippen LogP contribution in [0.2, 0.25) is 5.02 Å². The summed E-state index contributed by atoms with van der Waals surface area (Å²) in [5, 5.41) is 0.246. The Morgan fingerprint density at radius 3 is 3.04 bits per heavy atom. The SMILES string of the molecule is O=C(Cc1c(F)cccc1Cl)N1CC[C@@]23OCCCN2C(=O)C[C@@H]13. The molecule has 0 unspecified atom stereocenters. The average Bonchev–Trinajstić information content (AvgIpc) is 3.03. The first kappa shape index (κ1) is 15.8. The lowest BCUT2D eigenvalue weighted by Gasteiger charge is -2.42. The summed E-state index contributed by atoms with van der Waals surface area (Å²) in [5.41, 5.74) is -0.472. The minimum Gasteiger partial charge on any atom is -0.353 e. The van der Waals surface area contributed by atoms with Gasteiger partial charge in [0.05, 0.1) is 25.5 Å². The molecule has 3 saturated heterocycles. The van der Waals surface area contributed by atoms with Crippen molar-refractivity contribution in [2.24, 2.45) is 0 Å². The molecule has 3 aliphatic rings. The van der Waals surface area contributed by atoms with Crippen molar-refractivity contribution in [1.82, 2.24) is 9.80 Å². The Morgan fingerprint density at radius 2 is 2.25 bits per heavy atom. The fraction of sp³-hybridized carbons (Fsp3) is 0.529. The smallest absolute Gasteiger partial charge is 0.227 e. The van der Waals surface area contributed by atoms with Crippen LogP contribution in [0.25, 0.3) is 0 Å². The molecular weight excluding hydrogens is 335 g/mol. The van der Waals surface area contributed by atoms with E-state index in [0.717, 1.165) is 6.42 Å². The van der Waals surface area contributed by atoms with Gasteiger partial charge in [0.15, 0.2) is 5.72 Å². The third kappa shape index (κ3) is 2.24. The largest absolute Gasteiger partial charge is 0.353 e. The van der Waals surface area contributed by atoms with E-state index in [4.69, 9.17) is 16.3 Å². The fourth-order valence-corrected chi connectivity index (χ4v) is 4.43. The highest BCUT2D eigenvalue weighted by Crippen LogP contribution is 2.45.